The van der Waals surface area contributed by atoms with Gasteiger partial charge >= 0.3 is 6.03 Å². The van der Waals surface area contributed by atoms with Crippen molar-refractivity contribution in [3.8, 4) is 6.07 Å². The number of nitrogens with one attached hydrogen (secondary N) is 3. The molecule has 0 aliphatic carbocycles. The van der Waals surface area contributed by atoms with Crippen LogP contribution in [0.4, 0.5) is 31.9 Å². The maximum absolute atomic E-state index is 14.0. The highest BCUT2D eigenvalue weighted by Gasteiger charge is 2.20. The van der Waals surface area contributed by atoms with Crippen LogP contribution in [0.3, 0.4) is 0 Å². The lowest BCUT2D eigenvalue weighted by Gasteiger charge is -2.24. The van der Waals surface area contributed by atoms with Gasteiger partial charge in [0.2, 0.25) is 5.91 Å². The van der Waals surface area contributed by atoms with Crippen molar-refractivity contribution in [3.63, 3.8) is 0 Å². The van der Waals surface area contributed by atoms with Gasteiger partial charge in [0.15, 0.2) is 0 Å². The number of halogens is 1. The SMILES string of the molecule is CN(C(=O)CC(C)(C)C)c1ccc(NCCC(C)(C)O)c(N=CNC(=O)Nc2ccc(C#N)cc2F)c1. The van der Waals surface area contributed by atoms with Crippen molar-refractivity contribution >= 4 is 41.0 Å². The lowest BCUT2D eigenvalue weighted by atomic mass is 9.91. The lowest BCUT2D eigenvalue weighted by molar-refractivity contribution is -0.120. The second-order valence-corrected chi connectivity index (χ2v) is 10.5. The molecule has 4 N–H and O–H groups in total. The van der Waals surface area contributed by atoms with E-state index in [1.807, 2.05) is 26.8 Å². The van der Waals surface area contributed by atoms with Crippen LogP contribution in [0.1, 0.15) is 53.0 Å². The Hall–Kier alpha value is -3.97. The van der Waals surface area contributed by atoms with Crippen molar-refractivity contribution in [1.82, 2.24) is 5.32 Å². The van der Waals surface area contributed by atoms with Gasteiger partial charge in [-0.3, -0.25) is 10.1 Å². The molecule has 0 aliphatic rings. The normalized spacial score (nSPS) is 11.6. The van der Waals surface area contributed by atoms with Gasteiger partial charge < -0.3 is 20.6 Å². The number of aliphatic hydroxyl groups is 1. The summed E-state index contributed by atoms with van der Waals surface area (Å²) in [7, 11) is 1.69. The number of aliphatic imine (C=N–C) groups is 1. The smallest absolute Gasteiger partial charge is 0.324 e. The highest BCUT2D eigenvalue weighted by atomic mass is 19.1. The molecule has 0 saturated carbocycles. The first kappa shape index (κ1) is 29.3. The van der Waals surface area contributed by atoms with Gasteiger partial charge in [-0.25, -0.2) is 14.2 Å². The van der Waals surface area contributed by atoms with Crippen LogP contribution in [0.5, 0.6) is 0 Å². The molecule has 0 saturated heterocycles. The first-order valence-corrected chi connectivity index (χ1v) is 11.8. The molecule has 0 aliphatic heterocycles. The van der Waals surface area contributed by atoms with Crippen LogP contribution in [0.25, 0.3) is 0 Å². The summed E-state index contributed by atoms with van der Waals surface area (Å²) in [5.74, 6) is -0.785. The Bertz CT molecular complexity index is 1190. The Morgan fingerprint density at radius 1 is 1.14 bits per heavy atom. The fourth-order valence-corrected chi connectivity index (χ4v) is 3.21. The Balaban J connectivity index is 2.20. The molecule has 0 atom stereocenters. The third-order valence-corrected chi connectivity index (χ3v) is 5.22. The van der Waals surface area contributed by atoms with Crippen LogP contribution in [0.15, 0.2) is 41.4 Å². The molecule has 2 aromatic rings. The van der Waals surface area contributed by atoms with Crippen molar-refractivity contribution in [3.05, 3.63) is 47.8 Å². The van der Waals surface area contributed by atoms with E-state index < -0.39 is 17.4 Å². The molecule has 198 valence electrons. The molecule has 2 aromatic carbocycles. The van der Waals surface area contributed by atoms with Gasteiger partial charge in [0.05, 0.1) is 40.6 Å². The molecule has 9 nitrogen and oxygen atoms in total. The molecule has 2 rings (SSSR count). The molecule has 0 aromatic heterocycles. The number of nitriles is 1. The van der Waals surface area contributed by atoms with Gasteiger partial charge in [-0.2, -0.15) is 5.26 Å². The number of carbonyl (C=O) groups is 2. The summed E-state index contributed by atoms with van der Waals surface area (Å²) in [6.07, 6.45) is 2.01. The highest BCUT2D eigenvalue weighted by Crippen LogP contribution is 2.31. The van der Waals surface area contributed by atoms with E-state index in [9.17, 15) is 19.1 Å². The quantitative estimate of drug-likeness (QED) is 0.274. The zero-order chi connectivity index (χ0) is 27.8. The summed E-state index contributed by atoms with van der Waals surface area (Å²) in [6, 6.07) is 10.1. The van der Waals surface area contributed by atoms with E-state index in [2.05, 4.69) is 20.9 Å². The van der Waals surface area contributed by atoms with Gasteiger partial charge in [0.25, 0.3) is 0 Å². The topological polar surface area (TPSA) is 130 Å². The Morgan fingerprint density at radius 3 is 2.41 bits per heavy atom. The largest absolute Gasteiger partial charge is 0.390 e. The van der Waals surface area contributed by atoms with Gasteiger partial charge in [-0.1, -0.05) is 20.8 Å². The molecule has 0 radical (unpaired) electrons. The Morgan fingerprint density at radius 2 is 1.81 bits per heavy atom. The van der Waals surface area contributed by atoms with E-state index in [0.29, 0.717) is 36.4 Å². The van der Waals surface area contributed by atoms with Crippen molar-refractivity contribution in [2.45, 2.75) is 53.1 Å². The van der Waals surface area contributed by atoms with E-state index in [1.165, 1.54) is 12.1 Å². The first-order valence-electron chi connectivity index (χ1n) is 11.8. The number of amides is 3. The summed E-state index contributed by atoms with van der Waals surface area (Å²) in [6.45, 7) is 9.87. The van der Waals surface area contributed by atoms with E-state index in [-0.39, 0.29) is 22.6 Å². The lowest BCUT2D eigenvalue weighted by Crippen LogP contribution is -2.29. The van der Waals surface area contributed by atoms with Crippen LogP contribution in [0.2, 0.25) is 0 Å². The van der Waals surface area contributed by atoms with Crippen molar-refractivity contribution < 1.29 is 19.1 Å². The van der Waals surface area contributed by atoms with Crippen LogP contribution in [-0.4, -0.2) is 42.6 Å². The molecule has 0 unspecified atom stereocenters. The van der Waals surface area contributed by atoms with Crippen molar-refractivity contribution in [2.75, 3.05) is 29.1 Å². The second kappa shape index (κ2) is 12.3. The van der Waals surface area contributed by atoms with E-state index in [0.717, 1.165) is 12.4 Å². The summed E-state index contributed by atoms with van der Waals surface area (Å²) in [5, 5.41) is 26.8. The van der Waals surface area contributed by atoms with Gasteiger partial charge in [-0.15, -0.1) is 0 Å². The molecule has 10 heteroatoms. The number of rotatable bonds is 9. The predicted octanol–water partition coefficient (Wildman–Crippen LogP) is 5.15. The molecule has 0 spiro atoms. The maximum atomic E-state index is 14.0. The average Bonchev–Trinajstić information content (AvgIpc) is 2.78. The number of hydrogen-bond donors (Lipinski definition) is 4. The van der Waals surface area contributed by atoms with Crippen molar-refractivity contribution in [2.24, 2.45) is 10.4 Å². The third-order valence-electron chi connectivity index (χ3n) is 5.22. The maximum Gasteiger partial charge on any atom is 0.324 e. The zero-order valence-corrected chi connectivity index (χ0v) is 22.1. The monoisotopic (exact) mass is 510 g/mol. The van der Waals surface area contributed by atoms with Gasteiger partial charge in [-0.05, 0) is 62.1 Å². The van der Waals surface area contributed by atoms with Gasteiger partial charge in [0, 0.05) is 25.7 Å². The summed E-state index contributed by atoms with van der Waals surface area (Å²) >= 11 is 0. The second-order valence-electron chi connectivity index (χ2n) is 10.5. The van der Waals surface area contributed by atoms with Crippen molar-refractivity contribution in [1.29, 1.82) is 5.26 Å². The average molecular weight is 511 g/mol. The molecule has 0 bridgehead atoms. The minimum absolute atomic E-state index is 0.0490. The summed E-state index contributed by atoms with van der Waals surface area (Å²) < 4.78 is 14.0. The molecule has 37 heavy (non-hydrogen) atoms. The highest BCUT2D eigenvalue weighted by molar-refractivity contribution is 5.97. The molecular formula is C27H35FN6O3. The minimum atomic E-state index is -0.851. The number of urea groups is 1. The summed E-state index contributed by atoms with van der Waals surface area (Å²) in [4.78, 5) is 30.8. The standard InChI is InChI=1S/C27H35FN6O3/c1-26(2,3)15-24(35)34(6)19-8-10-22(30-12-11-27(4,5)37)23(14-19)31-17-32-25(36)33-21-9-7-18(16-29)13-20(21)28/h7-10,13-14,17,30,37H,11-12,15H2,1-6H3,(H2,31,32,33,36). The number of hydrogen-bond acceptors (Lipinski definition) is 6. The Labute approximate surface area is 217 Å². The molecular weight excluding hydrogens is 475 g/mol. The Kier molecular flexibility index (Phi) is 9.74. The van der Waals surface area contributed by atoms with Gasteiger partial charge in [0.1, 0.15) is 5.82 Å². The van der Waals surface area contributed by atoms with E-state index in [4.69, 9.17) is 5.26 Å². The minimum Gasteiger partial charge on any atom is -0.390 e. The van der Waals surface area contributed by atoms with Crippen LogP contribution >= 0.6 is 0 Å². The number of benzene rings is 2. The van der Waals surface area contributed by atoms with Crippen LogP contribution < -0.4 is 20.9 Å². The number of carbonyl (C=O) groups excluding carboxylic acids is 2. The number of anilines is 3. The fourth-order valence-electron chi connectivity index (χ4n) is 3.21. The van der Waals surface area contributed by atoms with Crippen LogP contribution in [0, 0.1) is 22.6 Å². The fraction of sp³-hybridized carbons (Fsp3) is 0.407. The number of nitrogens with zero attached hydrogens (tertiary/aromatic N) is 3. The van der Waals surface area contributed by atoms with E-state index in [1.54, 1.807) is 44.0 Å². The van der Waals surface area contributed by atoms with Crippen LogP contribution in [-0.2, 0) is 4.79 Å². The third kappa shape index (κ3) is 9.89. The first-order chi connectivity index (χ1) is 17.2. The predicted molar refractivity (Wildman–Crippen MR) is 145 cm³/mol. The van der Waals surface area contributed by atoms with E-state index >= 15 is 0 Å². The molecule has 0 fully saturated rings. The zero-order valence-electron chi connectivity index (χ0n) is 22.1. The molecule has 0 heterocycles. The molecule has 3 amide bonds. The summed E-state index contributed by atoms with van der Waals surface area (Å²) in [5.41, 5.74) is 0.751.